The van der Waals surface area contributed by atoms with Gasteiger partial charge in [0, 0.05) is 0 Å². The lowest BCUT2D eigenvalue weighted by Crippen LogP contribution is -2.12. The smallest absolute Gasteiger partial charge is 0.416 e. The number of hydrogen-bond donors (Lipinski definition) is 0. The van der Waals surface area contributed by atoms with Crippen molar-refractivity contribution in [3.8, 4) is 11.1 Å². The fourth-order valence-electron chi connectivity index (χ4n) is 2.15. The molecule has 5 heteroatoms. The molecule has 0 aliphatic heterocycles. The molecule has 0 saturated heterocycles. The monoisotopic (exact) mass is 352 g/mol. The Morgan fingerprint density at radius 1 is 0.960 bits per heavy atom. The Bertz CT molecular complexity index is 702. The summed E-state index contributed by atoms with van der Waals surface area (Å²) in [6, 6.07) is 10.0. The summed E-state index contributed by atoms with van der Waals surface area (Å²) < 4.78 is 43.0. The maximum absolute atomic E-state index is 12.6. The average Bonchev–Trinajstić information content (AvgIpc) is 2.56. The van der Waals surface area contributed by atoms with Gasteiger partial charge in [-0.1, -0.05) is 38.1 Å². The Labute approximate surface area is 146 Å². The molecule has 0 unspecified atom stereocenters. The molecule has 0 heterocycles. The van der Waals surface area contributed by atoms with Gasteiger partial charge in [-0.05, 0) is 55.7 Å². The van der Waals surface area contributed by atoms with E-state index in [0.29, 0.717) is 16.7 Å². The summed E-state index contributed by atoms with van der Waals surface area (Å²) in [6.07, 6.45) is -4.60. The Balaban J connectivity index is 0.00000151. The van der Waals surface area contributed by atoms with Crippen LogP contribution in [0.25, 0.3) is 11.1 Å². The topological polar surface area (TPSA) is 26.3 Å². The largest absolute Gasteiger partial charge is 0.459 e. The van der Waals surface area contributed by atoms with Crippen LogP contribution >= 0.6 is 0 Å². The molecule has 0 aliphatic carbocycles. The molecule has 2 rings (SSSR count). The molecule has 136 valence electrons. The number of rotatable bonds is 3. The fraction of sp³-hybridized carbons (Fsp3) is 0.350. The summed E-state index contributed by atoms with van der Waals surface area (Å²) >= 11 is 0. The Morgan fingerprint density at radius 3 is 1.96 bits per heavy atom. The average molecular weight is 352 g/mol. The summed E-state index contributed by atoms with van der Waals surface area (Å²) in [6.45, 7) is 9.30. The summed E-state index contributed by atoms with van der Waals surface area (Å²) in [4.78, 5) is 12.1. The second kappa shape index (κ2) is 8.70. The highest BCUT2D eigenvalue weighted by Crippen LogP contribution is 2.31. The molecule has 0 bridgehead atoms. The number of carbonyl (C=O) groups excluding carboxylic acids is 1. The lowest BCUT2D eigenvalue weighted by Gasteiger charge is -2.12. The predicted molar refractivity (Wildman–Crippen MR) is 93.5 cm³/mol. The van der Waals surface area contributed by atoms with Crippen molar-refractivity contribution in [2.45, 2.75) is 46.9 Å². The highest BCUT2D eigenvalue weighted by atomic mass is 19.4. The molecule has 0 radical (unpaired) electrons. The number of hydrogen-bond acceptors (Lipinski definition) is 2. The van der Waals surface area contributed by atoms with Gasteiger partial charge in [-0.2, -0.15) is 13.2 Å². The van der Waals surface area contributed by atoms with Gasteiger partial charge in [-0.3, -0.25) is 0 Å². The lowest BCUT2D eigenvalue weighted by atomic mass is 9.99. The quantitative estimate of drug-likeness (QED) is 0.608. The van der Waals surface area contributed by atoms with Gasteiger partial charge in [0.1, 0.15) is 0 Å². The van der Waals surface area contributed by atoms with Gasteiger partial charge in [0.2, 0.25) is 0 Å². The van der Waals surface area contributed by atoms with E-state index in [0.717, 1.165) is 17.7 Å². The van der Waals surface area contributed by atoms with Crippen molar-refractivity contribution in [3.05, 3.63) is 59.2 Å². The number of ether oxygens (including phenoxy) is 1. The minimum atomic E-state index is -4.36. The molecule has 25 heavy (non-hydrogen) atoms. The first-order valence-corrected chi connectivity index (χ1v) is 8.17. The maximum atomic E-state index is 12.6. The van der Waals surface area contributed by atoms with Gasteiger partial charge in [-0.15, -0.1) is 0 Å². The van der Waals surface area contributed by atoms with Gasteiger partial charge >= 0.3 is 12.1 Å². The van der Waals surface area contributed by atoms with E-state index < -0.39 is 17.7 Å². The van der Waals surface area contributed by atoms with Crippen molar-refractivity contribution in [1.29, 1.82) is 0 Å². The van der Waals surface area contributed by atoms with E-state index >= 15 is 0 Å². The third-order valence-electron chi connectivity index (χ3n) is 3.35. The van der Waals surface area contributed by atoms with Crippen molar-refractivity contribution in [1.82, 2.24) is 0 Å². The van der Waals surface area contributed by atoms with Crippen molar-refractivity contribution in [2.75, 3.05) is 0 Å². The van der Waals surface area contributed by atoms with Crippen LogP contribution in [0.2, 0.25) is 0 Å². The highest BCUT2D eigenvalue weighted by molar-refractivity contribution is 5.92. The van der Waals surface area contributed by atoms with Gasteiger partial charge in [-0.25, -0.2) is 4.79 Å². The molecule has 0 aromatic heterocycles. The molecule has 2 nitrogen and oxygen atoms in total. The third-order valence-corrected chi connectivity index (χ3v) is 3.35. The van der Waals surface area contributed by atoms with E-state index in [2.05, 4.69) is 0 Å². The van der Waals surface area contributed by atoms with Crippen molar-refractivity contribution in [2.24, 2.45) is 0 Å². The van der Waals surface area contributed by atoms with E-state index in [1.165, 1.54) is 12.1 Å². The first kappa shape index (κ1) is 20.7. The van der Waals surface area contributed by atoms with E-state index in [4.69, 9.17) is 4.74 Å². The summed E-state index contributed by atoms with van der Waals surface area (Å²) in [5, 5.41) is 0. The summed E-state index contributed by atoms with van der Waals surface area (Å²) in [5.74, 6) is -0.439. The van der Waals surface area contributed by atoms with Crippen LogP contribution in [0.3, 0.4) is 0 Å². The standard InChI is InChI=1S/C18H17F3O2.C2H6/c1-11(2)23-17(22)16-10-14(5-4-12(16)3)13-6-8-15(9-7-13)18(19,20)21;1-2/h4-11H,1-3H3;1-2H3. The van der Waals surface area contributed by atoms with Gasteiger partial charge < -0.3 is 4.74 Å². The molecule has 0 spiro atoms. The number of alkyl halides is 3. The minimum Gasteiger partial charge on any atom is -0.459 e. The SMILES string of the molecule is CC.Cc1ccc(-c2ccc(C(F)(F)F)cc2)cc1C(=O)OC(C)C. The van der Waals surface area contributed by atoms with E-state index in [1.54, 1.807) is 39.0 Å². The van der Waals surface area contributed by atoms with Crippen molar-refractivity contribution < 1.29 is 22.7 Å². The Hall–Kier alpha value is -2.30. The molecular formula is C20H23F3O2. The number of halogens is 3. The second-order valence-electron chi connectivity index (χ2n) is 5.56. The number of benzene rings is 2. The predicted octanol–water partition coefficient (Wildman–Crippen LogP) is 6.27. The molecule has 0 fully saturated rings. The maximum Gasteiger partial charge on any atom is 0.416 e. The zero-order valence-corrected chi connectivity index (χ0v) is 15.1. The molecule has 0 atom stereocenters. The fourth-order valence-corrected chi connectivity index (χ4v) is 2.15. The Kier molecular flexibility index (Phi) is 7.22. The third kappa shape index (κ3) is 5.62. The van der Waals surface area contributed by atoms with E-state index in [-0.39, 0.29) is 6.10 Å². The highest BCUT2D eigenvalue weighted by Gasteiger charge is 2.30. The Morgan fingerprint density at radius 2 is 1.48 bits per heavy atom. The van der Waals surface area contributed by atoms with E-state index in [9.17, 15) is 18.0 Å². The van der Waals surface area contributed by atoms with Crippen LogP contribution in [0.4, 0.5) is 13.2 Å². The summed E-state index contributed by atoms with van der Waals surface area (Å²) in [5.41, 5.74) is 1.74. The van der Waals surface area contributed by atoms with Crippen LogP contribution in [0, 0.1) is 6.92 Å². The number of carbonyl (C=O) groups is 1. The van der Waals surface area contributed by atoms with E-state index in [1.807, 2.05) is 13.8 Å². The van der Waals surface area contributed by atoms with Crippen LogP contribution in [-0.4, -0.2) is 12.1 Å². The normalized spacial score (nSPS) is 10.9. The van der Waals surface area contributed by atoms with Crippen molar-refractivity contribution in [3.63, 3.8) is 0 Å². The molecule has 0 N–H and O–H groups in total. The van der Waals surface area contributed by atoms with Crippen LogP contribution < -0.4 is 0 Å². The van der Waals surface area contributed by atoms with Crippen LogP contribution in [0.5, 0.6) is 0 Å². The lowest BCUT2D eigenvalue weighted by molar-refractivity contribution is -0.137. The number of aryl methyl sites for hydroxylation is 1. The van der Waals surface area contributed by atoms with Gasteiger partial charge in [0.25, 0.3) is 0 Å². The zero-order valence-electron chi connectivity index (χ0n) is 15.1. The second-order valence-corrected chi connectivity index (χ2v) is 5.56. The molecule has 0 aliphatic rings. The first-order chi connectivity index (χ1) is 11.7. The number of esters is 1. The van der Waals surface area contributed by atoms with Crippen LogP contribution in [0.15, 0.2) is 42.5 Å². The molecule has 2 aromatic rings. The van der Waals surface area contributed by atoms with Gasteiger partial charge in [0.05, 0.1) is 17.2 Å². The molecule has 0 saturated carbocycles. The van der Waals surface area contributed by atoms with Crippen LogP contribution in [0.1, 0.15) is 49.2 Å². The minimum absolute atomic E-state index is 0.239. The van der Waals surface area contributed by atoms with Gasteiger partial charge in [0.15, 0.2) is 0 Å². The summed E-state index contributed by atoms with van der Waals surface area (Å²) in [7, 11) is 0. The van der Waals surface area contributed by atoms with Crippen molar-refractivity contribution >= 4 is 5.97 Å². The first-order valence-electron chi connectivity index (χ1n) is 8.17. The van der Waals surface area contributed by atoms with Crippen LogP contribution in [-0.2, 0) is 10.9 Å². The molecular weight excluding hydrogens is 329 g/mol. The molecule has 0 amide bonds. The molecule has 2 aromatic carbocycles. The zero-order chi connectivity index (χ0) is 19.2.